The van der Waals surface area contributed by atoms with Crippen LogP contribution in [0.1, 0.15) is 54.1 Å². The molecule has 8 nitrogen and oxygen atoms in total. The highest BCUT2D eigenvalue weighted by molar-refractivity contribution is 7.92. The molecule has 0 aliphatic heterocycles. The number of hydrogen-bond donors (Lipinski definition) is 1. The summed E-state index contributed by atoms with van der Waals surface area (Å²) in [5.41, 5.74) is 4.64. The molecule has 0 saturated carbocycles. The van der Waals surface area contributed by atoms with Crippen molar-refractivity contribution in [2.75, 3.05) is 10.6 Å². The van der Waals surface area contributed by atoms with Crippen LogP contribution in [0.4, 0.5) is 11.4 Å². The van der Waals surface area contributed by atoms with E-state index in [-0.39, 0.29) is 23.8 Å². The van der Waals surface area contributed by atoms with Crippen LogP contribution >= 0.6 is 0 Å². The minimum Gasteiger partial charge on any atom is -0.348 e. The summed E-state index contributed by atoms with van der Waals surface area (Å²) >= 11 is 0. The topological polar surface area (TPSA) is 110 Å². The van der Waals surface area contributed by atoms with Gasteiger partial charge in [-0.15, -0.1) is 0 Å². The number of anilines is 1. The van der Waals surface area contributed by atoms with Gasteiger partial charge in [0.25, 0.3) is 5.69 Å². The van der Waals surface area contributed by atoms with Crippen molar-refractivity contribution in [1.29, 1.82) is 0 Å². The van der Waals surface area contributed by atoms with Crippen molar-refractivity contribution in [2.24, 2.45) is 0 Å². The van der Waals surface area contributed by atoms with Crippen molar-refractivity contribution in [3.8, 4) is 0 Å². The molecule has 2 aromatic rings. The predicted molar refractivity (Wildman–Crippen MR) is 126 cm³/mol. The van der Waals surface area contributed by atoms with Crippen molar-refractivity contribution < 1.29 is 18.1 Å². The average molecular weight is 462 g/mol. The smallest absolute Gasteiger partial charge is 0.271 e. The number of non-ortho nitro benzene ring substituents is 1. The van der Waals surface area contributed by atoms with Crippen molar-refractivity contribution >= 4 is 27.3 Å². The van der Waals surface area contributed by atoms with Crippen LogP contribution in [0.3, 0.4) is 0 Å². The summed E-state index contributed by atoms with van der Waals surface area (Å²) in [7, 11) is -3.91. The lowest BCUT2D eigenvalue weighted by molar-refractivity contribution is -0.384. The van der Waals surface area contributed by atoms with E-state index in [1.54, 1.807) is 13.8 Å². The van der Waals surface area contributed by atoms with E-state index in [2.05, 4.69) is 11.4 Å². The monoisotopic (exact) mass is 461 g/mol. The molecule has 2 atom stereocenters. The van der Waals surface area contributed by atoms with Gasteiger partial charge in [-0.25, -0.2) is 8.42 Å². The molecule has 0 radical (unpaired) electrons. The number of hydrogen-bond acceptors (Lipinski definition) is 5. The Morgan fingerprint density at radius 1 is 1.06 bits per heavy atom. The molecule has 0 aromatic heterocycles. The van der Waals surface area contributed by atoms with Crippen LogP contribution < -0.4 is 9.62 Å². The normalized spacial score (nSPS) is 13.3. The number of rotatable bonds is 8. The lowest BCUT2D eigenvalue weighted by Gasteiger charge is -2.32. The van der Waals surface area contributed by atoms with Crippen LogP contribution in [0, 0.1) is 37.8 Å². The van der Waals surface area contributed by atoms with Crippen LogP contribution in [0.2, 0.25) is 0 Å². The summed E-state index contributed by atoms with van der Waals surface area (Å²) in [6.07, 6.45) is 1.19. The first-order valence-corrected chi connectivity index (χ1v) is 12.2. The zero-order valence-electron chi connectivity index (χ0n) is 19.6. The molecule has 32 heavy (non-hydrogen) atoms. The molecule has 0 bridgehead atoms. The van der Waals surface area contributed by atoms with Gasteiger partial charge in [0.05, 0.1) is 22.9 Å². The first-order valence-electron chi connectivity index (χ1n) is 10.4. The number of amides is 1. The van der Waals surface area contributed by atoms with Crippen molar-refractivity contribution in [2.45, 2.75) is 60.0 Å². The lowest BCUT2D eigenvalue weighted by atomic mass is 9.96. The maximum atomic E-state index is 13.3. The standard InChI is InChI=1S/C23H31N3O5S/c1-8-21(23(27)24-18(6)20-12-16(4)15(3)11-17(20)5)25(32(7,30)31)22-13-19(26(28)29)10-9-14(22)2/h9-13,18,21H,8H2,1-7H3,(H,24,27)/t18-,21-/m0/s1. The molecular formula is C23H31N3O5S. The molecule has 0 spiro atoms. The Morgan fingerprint density at radius 2 is 1.66 bits per heavy atom. The van der Waals surface area contributed by atoms with Gasteiger partial charge in [0.1, 0.15) is 6.04 Å². The van der Waals surface area contributed by atoms with Crippen LogP contribution in [-0.4, -0.2) is 31.5 Å². The van der Waals surface area contributed by atoms with Gasteiger partial charge in [-0.2, -0.15) is 0 Å². The number of carbonyl (C=O) groups is 1. The molecular weight excluding hydrogens is 430 g/mol. The van der Waals surface area contributed by atoms with Crippen LogP contribution in [0.15, 0.2) is 30.3 Å². The highest BCUT2D eigenvalue weighted by atomic mass is 32.2. The van der Waals surface area contributed by atoms with Gasteiger partial charge < -0.3 is 5.32 Å². The first-order chi connectivity index (χ1) is 14.8. The third-order valence-corrected chi connectivity index (χ3v) is 6.84. The number of nitro groups is 1. The summed E-state index contributed by atoms with van der Waals surface area (Å²) in [6, 6.07) is 6.67. The molecule has 0 unspecified atom stereocenters. The number of nitro benzene ring substituents is 1. The van der Waals surface area contributed by atoms with Crippen LogP contribution in [0.25, 0.3) is 0 Å². The number of sulfonamides is 1. The molecule has 0 fully saturated rings. The van der Waals surface area contributed by atoms with E-state index in [0.29, 0.717) is 5.56 Å². The number of nitrogens with one attached hydrogen (secondary N) is 1. The minimum absolute atomic E-state index is 0.124. The molecule has 174 valence electrons. The summed E-state index contributed by atoms with van der Waals surface area (Å²) in [5, 5.41) is 14.2. The largest absolute Gasteiger partial charge is 0.348 e. The summed E-state index contributed by atoms with van der Waals surface area (Å²) in [5.74, 6) is -0.464. The maximum Gasteiger partial charge on any atom is 0.271 e. The van der Waals surface area contributed by atoms with E-state index in [9.17, 15) is 23.3 Å². The first kappa shape index (κ1) is 25.3. The number of aryl methyl sites for hydroxylation is 4. The van der Waals surface area contributed by atoms with Crippen molar-refractivity contribution in [3.05, 3.63) is 68.3 Å². The highest BCUT2D eigenvalue weighted by Crippen LogP contribution is 2.30. The Hall–Kier alpha value is -2.94. The Labute approximate surface area is 189 Å². The molecule has 0 aliphatic carbocycles. The Morgan fingerprint density at radius 3 is 2.19 bits per heavy atom. The molecule has 2 rings (SSSR count). The molecule has 0 heterocycles. The van der Waals surface area contributed by atoms with Crippen LogP contribution in [0.5, 0.6) is 0 Å². The van der Waals surface area contributed by atoms with Gasteiger partial charge in [0, 0.05) is 12.1 Å². The van der Waals surface area contributed by atoms with E-state index in [4.69, 9.17) is 0 Å². The second-order valence-corrected chi connectivity index (χ2v) is 10.1. The zero-order valence-corrected chi connectivity index (χ0v) is 20.4. The van der Waals surface area contributed by atoms with E-state index in [0.717, 1.165) is 32.8 Å². The molecule has 9 heteroatoms. The summed E-state index contributed by atoms with van der Waals surface area (Å²) in [6.45, 7) is 11.2. The fraction of sp³-hybridized carbons (Fsp3) is 0.435. The summed E-state index contributed by atoms with van der Waals surface area (Å²) in [4.78, 5) is 23.9. The fourth-order valence-electron chi connectivity index (χ4n) is 3.82. The highest BCUT2D eigenvalue weighted by Gasteiger charge is 2.34. The minimum atomic E-state index is -3.91. The zero-order chi connectivity index (χ0) is 24.4. The third-order valence-electron chi connectivity index (χ3n) is 5.68. The van der Waals surface area contributed by atoms with E-state index in [1.165, 1.54) is 18.2 Å². The van der Waals surface area contributed by atoms with Crippen molar-refractivity contribution in [1.82, 2.24) is 5.32 Å². The van der Waals surface area contributed by atoms with Gasteiger partial charge in [-0.1, -0.05) is 25.1 Å². The number of nitrogens with zero attached hydrogens (tertiary/aromatic N) is 2. The van der Waals surface area contributed by atoms with E-state index >= 15 is 0 Å². The Kier molecular flexibility index (Phi) is 7.66. The Balaban J connectivity index is 2.47. The van der Waals surface area contributed by atoms with Gasteiger partial charge >= 0.3 is 0 Å². The average Bonchev–Trinajstić information content (AvgIpc) is 2.68. The second-order valence-electron chi connectivity index (χ2n) is 8.23. The van der Waals surface area contributed by atoms with Gasteiger partial charge in [0.2, 0.25) is 15.9 Å². The quantitative estimate of drug-likeness (QED) is 0.467. The molecule has 2 aromatic carbocycles. The van der Waals surface area contributed by atoms with Crippen molar-refractivity contribution in [3.63, 3.8) is 0 Å². The SMILES string of the molecule is CC[C@@H](C(=O)N[C@@H](C)c1cc(C)c(C)cc1C)N(c1cc([N+](=O)[O-])ccc1C)S(C)(=O)=O. The third kappa shape index (κ3) is 5.45. The molecule has 1 N–H and O–H groups in total. The fourth-order valence-corrected chi connectivity index (χ4v) is 5.08. The predicted octanol–water partition coefficient (Wildman–Crippen LogP) is 4.25. The maximum absolute atomic E-state index is 13.3. The van der Waals surface area contributed by atoms with Gasteiger partial charge in [0.15, 0.2) is 0 Å². The summed E-state index contributed by atoms with van der Waals surface area (Å²) < 4.78 is 26.5. The van der Waals surface area contributed by atoms with Crippen LogP contribution in [-0.2, 0) is 14.8 Å². The van der Waals surface area contributed by atoms with E-state index < -0.39 is 26.9 Å². The van der Waals surface area contributed by atoms with Gasteiger partial charge in [-0.05, 0) is 68.9 Å². The van der Waals surface area contributed by atoms with Gasteiger partial charge in [-0.3, -0.25) is 19.2 Å². The number of benzene rings is 2. The number of carbonyl (C=O) groups excluding carboxylic acids is 1. The second kappa shape index (κ2) is 9.68. The van der Waals surface area contributed by atoms with E-state index in [1.807, 2.05) is 33.8 Å². The lowest BCUT2D eigenvalue weighted by Crippen LogP contribution is -2.50. The Bertz CT molecular complexity index is 1140. The molecule has 0 aliphatic rings. The molecule has 0 saturated heterocycles. The molecule has 1 amide bonds.